The fourth-order valence-electron chi connectivity index (χ4n) is 3.51. The first-order valence-corrected chi connectivity index (χ1v) is 7.85. The minimum Gasteiger partial charge on any atom is -0.338 e. The second-order valence-corrected chi connectivity index (χ2v) is 6.71. The van der Waals surface area contributed by atoms with Gasteiger partial charge in [0.15, 0.2) is 0 Å². The van der Waals surface area contributed by atoms with E-state index in [1.807, 2.05) is 4.90 Å². The standard InChI is InChI=1S/C15H18BrFN2O.ClH/c16-13-5-4-10(17)6-11(13)15(20)19-7-9-2-1-3-14(18)12(9)8-19;/h4-6,9,12,14H,1-3,7-8,18H2;1H. The summed E-state index contributed by atoms with van der Waals surface area (Å²) < 4.78 is 14.0. The van der Waals surface area contributed by atoms with Crippen LogP contribution >= 0.6 is 28.3 Å². The third-order valence-electron chi connectivity index (χ3n) is 4.60. The maximum Gasteiger partial charge on any atom is 0.255 e. The maximum absolute atomic E-state index is 13.3. The molecule has 3 rings (SSSR count). The van der Waals surface area contributed by atoms with Crippen LogP contribution in [-0.4, -0.2) is 29.9 Å². The van der Waals surface area contributed by atoms with Crippen LogP contribution in [0.15, 0.2) is 22.7 Å². The van der Waals surface area contributed by atoms with Crippen molar-refractivity contribution in [2.45, 2.75) is 25.3 Å². The summed E-state index contributed by atoms with van der Waals surface area (Å²) in [6.07, 6.45) is 3.34. The predicted octanol–water partition coefficient (Wildman–Crippen LogP) is 3.21. The van der Waals surface area contributed by atoms with Crippen molar-refractivity contribution in [3.05, 3.63) is 34.1 Å². The zero-order valence-corrected chi connectivity index (χ0v) is 14.0. The molecule has 116 valence electrons. The molecule has 1 aromatic rings. The van der Waals surface area contributed by atoms with Crippen molar-refractivity contribution in [3.63, 3.8) is 0 Å². The van der Waals surface area contributed by atoms with Gasteiger partial charge in [0.25, 0.3) is 5.91 Å². The largest absolute Gasteiger partial charge is 0.338 e. The predicted molar refractivity (Wildman–Crippen MR) is 86.1 cm³/mol. The molecule has 0 radical (unpaired) electrons. The highest BCUT2D eigenvalue weighted by Gasteiger charge is 2.40. The van der Waals surface area contributed by atoms with E-state index in [-0.39, 0.29) is 30.2 Å². The summed E-state index contributed by atoms with van der Waals surface area (Å²) >= 11 is 3.33. The molecule has 1 heterocycles. The number of carbonyl (C=O) groups excluding carboxylic acids is 1. The molecule has 2 aliphatic rings. The second-order valence-electron chi connectivity index (χ2n) is 5.85. The van der Waals surface area contributed by atoms with Crippen LogP contribution in [0.4, 0.5) is 4.39 Å². The normalized spacial score (nSPS) is 28.0. The molecule has 2 N–H and O–H groups in total. The Balaban J connectivity index is 0.00000161. The molecule has 1 aliphatic heterocycles. The lowest BCUT2D eigenvalue weighted by Gasteiger charge is -2.29. The van der Waals surface area contributed by atoms with Crippen LogP contribution in [0.3, 0.4) is 0 Å². The summed E-state index contributed by atoms with van der Waals surface area (Å²) in [5, 5.41) is 0. The summed E-state index contributed by atoms with van der Waals surface area (Å²) in [6.45, 7) is 1.45. The Morgan fingerprint density at radius 3 is 2.81 bits per heavy atom. The molecule has 0 bridgehead atoms. The first kappa shape index (κ1) is 16.7. The molecule has 21 heavy (non-hydrogen) atoms. The third kappa shape index (κ3) is 3.25. The smallest absolute Gasteiger partial charge is 0.255 e. The van der Waals surface area contributed by atoms with Crippen LogP contribution in [0.2, 0.25) is 0 Å². The van der Waals surface area contributed by atoms with Crippen LogP contribution < -0.4 is 5.73 Å². The summed E-state index contributed by atoms with van der Waals surface area (Å²) in [7, 11) is 0. The number of halogens is 3. The summed E-state index contributed by atoms with van der Waals surface area (Å²) in [5.41, 5.74) is 6.57. The van der Waals surface area contributed by atoms with E-state index >= 15 is 0 Å². The zero-order chi connectivity index (χ0) is 14.3. The quantitative estimate of drug-likeness (QED) is 0.817. The Hall–Kier alpha value is -0.650. The zero-order valence-electron chi connectivity index (χ0n) is 11.6. The van der Waals surface area contributed by atoms with Gasteiger partial charge in [-0.3, -0.25) is 4.79 Å². The van der Waals surface area contributed by atoms with E-state index in [1.54, 1.807) is 6.07 Å². The lowest BCUT2D eigenvalue weighted by atomic mass is 9.78. The number of amides is 1. The highest BCUT2D eigenvalue weighted by molar-refractivity contribution is 9.10. The van der Waals surface area contributed by atoms with Crippen LogP contribution in [0, 0.1) is 17.7 Å². The van der Waals surface area contributed by atoms with Gasteiger partial charge in [0.2, 0.25) is 0 Å². The number of likely N-dealkylation sites (tertiary alicyclic amines) is 1. The number of fused-ring (bicyclic) bond motifs is 1. The second kappa shape index (κ2) is 6.63. The fourth-order valence-corrected chi connectivity index (χ4v) is 3.93. The van der Waals surface area contributed by atoms with Gasteiger partial charge >= 0.3 is 0 Å². The number of nitrogens with zero attached hydrogens (tertiary/aromatic N) is 1. The first-order valence-electron chi connectivity index (χ1n) is 7.06. The van der Waals surface area contributed by atoms with Gasteiger partial charge in [0, 0.05) is 23.6 Å². The Labute approximate surface area is 138 Å². The molecule has 2 fully saturated rings. The van der Waals surface area contributed by atoms with Gasteiger partial charge in [0.1, 0.15) is 5.82 Å². The Bertz CT molecular complexity index is 542. The van der Waals surface area contributed by atoms with E-state index in [0.717, 1.165) is 25.8 Å². The number of nitrogens with two attached hydrogens (primary N) is 1. The Kier molecular flexibility index (Phi) is 5.28. The van der Waals surface area contributed by atoms with Crippen LogP contribution in [0.5, 0.6) is 0 Å². The van der Waals surface area contributed by atoms with E-state index in [4.69, 9.17) is 5.73 Å². The van der Waals surface area contributed by atoms with Crippen LogP contribution in [0.1, 0.15) is 29.6 Å². The molecule has 3 unspecified atom stereocenters. The van der Waals surface area contributed by atoms with Crippen molar-refractivity contribution in [3.8, 4) is 0 Å². The van der Waals surface area contributed by atoms with Crippen molar-refractivity contribution in [1.82, 2.24) is 4.90 Å². The molecule has 1 amide bonds. The molecule has 1 aromatic carbocycles. The molecule has 0 aromatic heterocycles. The topological polar surface area (TPSA) is 46.3 Å². The molecule has 3 nitrogen and oxygen atoms in total. The number of benzene rings is 1. The number of hydrogen-bond acceptors (Lipinski definition) is 2. The van der Waals surface area contributed by atoms with Gasteiger partial charge in [-0.1, -0.05) is 6.42 Å². The van der Waals surface area contributed by atoms with E-state index in [2.05, 4.69) is 15.9 Å². The number of rotatable bonds is 1. The SMILES string of the molecule is Cl.NC1CCCC2CN(C(=O)c3cc(F)ccc3Br)CC12. The highest BCUT2D eigenvalue weighted by atomic mass is 79.9. The average molecular weight is 378 g/mol. The lowest BCUT2D eigenvalue weighted by Crippen LogP contribution is -2.38. The molecule has 6 heteroatoms. The van der Waals surface area contributed by atoms with Crippen molar-refractivity contribution < 1.29 is 9.18 Å². The molecule has 1 saturated carbocycles. The van der Waals surface area contributed by atoms with Crippen molar-refractivity contribution in [2.24, 2.45) is 17.6 Å². The van der Waals surface area contributed by atoms with Crippen molar-refractivity contribution >= 4 is 34.2 Å². The fraction of sp³-hybridized carbons (Fsp3) is 0.533. The number of hydrogen-bond donors (Lipinski definition) is 1. The van der Waals surface area contributed by atoms with Crippen molar-refractivity contribution in [2.75, 3.05) is 13.1 Å². The van der Waals surface area contributed by atoms with E-state index in [9.17, 15) is 9.18 Å². The first-order chi connectivity index (χ1) is 9.56. The van der Waals surface area contributed by atoms with Crippen LogP contribution in [-0.2, 0) is 0 Å². The summed E-state index contributed by atoms with van der Waals surface area (Å²) in [5.74, 6) is 0.429. The molecule has 0 spiro atoms. The van der Waals surface area contributed by atoms with E-state index in [0.29, 0.717) is 28.4 Å². The molecule has 1 aliphatic carbocycles. The molecular formula is C15H19BrClFN2O. The molecule has 3 atom stereocenters. The minimum atomic E-state index is -0.384. The van der Waals surface area contributed by atoms with E-state index < -0.39 is 0 Å². The summed E-state index contributed by atoms with van der Waals surface area (Å²) in [6, 6.07) is 4.43. The monoisotopic (exact) mass is 376 g/mol. The Morgan fingerprint density at radius 1 is 1.33 bits per heavy atom. The maximum atomic E-state index is 13.3. The van der Waals surface area contributed by atoms with Gasteiger partial charge in [-0.15, -0.1) is 12.4 Å². The van der Waals surface area contributed by atoms with Crippen molar-refractivity contribution in [1.29, 1.82) is 0 Å². The van der Waals surface area contributed by atoms with Gasteiger partial charge in [-0.2, -0.15) is 0 Å². The lowest BCUT2D eigenvalue weighted by molar-refractivity contribution is 0.0782. The third-order valence-corrected chi connectivity index (χ3v) is 5.29. The van der Waals surface area contributed by atoms with Crippen LogP contribution in [0.25, 0.3) is 0 Å². The molecular weight excluding hydrogens is 359 g/mol. The highest BCUT2D eigenvalue weighted by Crippen LogP contribution is 2.36. The van der Waals surface area contributed by atoms with Gasteiger partial charge in [0.05, 0.1) is 5.56 Å². The number of carbonyl (C=O) groups is 1. The van der Waals surface area contributed by atoms with E-state index in [1.165, 1.54) is 12.1 Å². The van der Waals surface area contributed by atoms with Gasteiger partial charge in [-0.05, 0) is 58.8 Å². The molecule has 1 saturated heterocycles. The average Bonchev–Trinajstić information content (AvgIpc) is 2.86. The van der Waals surface area contributed by atoms with Gasteiger partial charge in [-0.25, -0.2) is 4.39 Å². The Morgan fingerprint density at radius 2 is 2.10 bits per heavy atom. The summed E-state index contributed by atoms with van der Waals surface area (Å²) in [4.78, 5) is 14.4. The minimum absolute atomic E-state index is 0. The van der Waals surface area contributed by atoms with Gasteiger partial charge < -0.3 is 10.6 Å².